The molecule has 8 heteroatoms. The fourth-order valence-electron chi connectivity index (χ4n) is 5.24. The molecule has 3 aromatic rings. The van der Waals surface area contributed by atoms with Crippen LogP contribution in [0.25, 0.3) is 10.9 Å². The molecule has 0 radical (unpaired) electrons. The van der Waals surface area contributed by atoms with Crippen molar-refractivity contribution in [2.45, 2.75) is 51.0 Å². The number of fused-ring (bicyclic) bond motifs is 1. The predicted octanol–water partition coefficient (Wildman–Crippen LogP) is 5.95. The summed E-state index contributed by atoms with van der Waals surface area (Å²) < 4.78 is 21.0. The van der Waals surface area contributed by atoms with Crippen molar-refractivity contribution in [2.75, 3.05) is 25.0 Å². The topological polar surface area (TPSA) is 74.4 Å². The van der Waals surface area contributed by atoms with Crippen molar-refractivity contribution in [1.82, 2.24) is 9.88 Å². The number of halogens is 2. The van der Waals surface area contributed by atoms with E-state index in [2.05, 4.69) is 10.3 Å². The molecule has 190 valence electrons. The molecule has 1 aliphatic heterocycles. The van der Waals surface area contributed by atoms with Crippen molar-refractivity contribution in [1.29, 1.82) is 0 Å². The van der Waals surface area contributed by atoms with Crippen LogP contribution in [0.4, 0.5) is 10.1 Å². The second kappa shape index (κ2) is 11.0. The van der Waals surface area contributed by atoms with Gasteiger partial charge in [0, 0.05) is 36.1 Å². The molecule has 1 saturated carbocycles. The van der Waals surface area contributed by atoms with Crippen molar-refractivity contribution >= 4 is 40.0 Å². The lowest BCUT2D eigenvalue weighted by atomic mass is 9.97. The lowest BCUT2D eigenvalue weighted by Crippen LogP contribution is -2.31. The van der Waals surface area contributed by atoms with Gasteiger partial charge < -0.3 is 19.9 Å². The average Bonchev–Trinajstić information content (AvgIpc) is 3.54. The van der Waals surface area contributed by atoms with Crippen LogP contribution in [-0.4, -0.2) is 47.5 Å². The number of nitrogens with zero attached hydrogens (tertiary/aromatic N) is 1. The third-order valence-corrected chi connectivity index (χ3v) is 7.63. The maximum Gasteiger partial charge on any atom is 0.257 e. The van der Waals surface area contributed by atoms with Crippen LogP contribution in [0.15, 0.2) is 42.6 Å². The summed E-state index contributed by atoms with van der Waals surface area (Å²) in [5, 5.41) is 3.64. The van der Waals surface area contributed by atoms with Crippen molar-refractivity contribution < 1.29 is 18.7 Å². The van der Waals surface area contributed by atoms with Gasteiger partial charge in [0.2, 0.25) is 5.91 Å². The van der Waals surface area contributed by atoms with Crippen LogP contribution >= 0.6 is 11.6 Å². The zero-order valence-electron chi connectivity index (χ0n) is 20.2. The Hall–Kier alpha value is -2.90. The Morgan fingerprint density at radius 3 is 2.78 bits per heavy atom. The summed E-state index contributed by atoms with van der Waals surface area (Å²) in [6.07, 6.45) is 8.83. The van der Waals surface area contributed by atoms with E-state index in [9.17, 15) is 14.0 Å². The second-order valence-corrected chi connectivity index (χ2v) is 10.3. The molecule has 1 saturated heterocycles. The van der Waals surface area contributed by atoms with Crippen LogP contribution in [0.1, 0.15) is 54.4 Å². The number of para-hydroxylation sites is 1. The number of anilines is 1. The van der Waals surface area contributed by atoms with Crippen LogP contribution in [0.2, 0.25) is 5.02 Å². The van der Waals surface area contributed by atoms with Crippen LogP contribution in [0.5, 0.6) is 0 Å². The molecule has 0 unspecified atom stereocenters. The SMILES string of the molecule is O=C(Nc1cc(F)c(CC(=O)N2CC[C@@H](COC3CCCCC3)C2)cc1Cl)c1c[nH]c2ccccc12. The number of H-pyrrole nitrogens is 1. The lowest BCUT2D eigenvalue weighted by molar-refractivity contribution is -0.129. The molecular formula is C28H31ClFN3O3. The van der Waals surface area contributed by atoms with Crippen LogP contribution in [-0.2, 0) is 16.0 Å². The fraction of sp³-hybridized carbons (Fsp3) is 0.429. The van der Waals surface area contributed by atoms with E-state index in [1.54, 1.807) is 11.1 Å². The van der Waals surface area contributed by atoms with Crippen molar-refractivity contribution in [3.8, 4) is 0 Å². The molecule has 36 heavy (non-hydrogen) atoms. The minimum atomic E-state index is -0.571. The Bertz CT molecular complexity index is 1250. The number of hydrogen-bond donors (Lipinski definition) is 2. The Morgan fingerprint density at radius 2 is 1.94 bits per heavy atom. The van der Waals surface area contributed by atoms with Gasteiger partial charge in [-0.1, -0.05) is 49.1 Å². The second-order valence-electron chi connectivity index (χ2n) is 9.89. The molecule has 1 aromatic heterocycles. The largest absolute Gasteiger partial charge is 0.378 e. The summed E-state index contributed by atoms with van der Waals surface area (Å²) in [7, 11) is 0. The number of aromatic amines is 1. The number of nitrogens with one attached hydrogen (secondary N) is 2. The van der Waals surface area contributed by atoms with E-state index in [1.807, 2.05) is 24.3 Å². The van der Waals surface area contributed by atoms with Gasteiger partial charge in [0.05, 0.1) is 35.4 Å². The number of hydrogen-bond acceptors (Lipinski definition) is 3. The van der Waals surface area contributed by atoms with Crippen LogP contribution in [0, 0.1) is 11.7 Å². The number of carbonyl (C=O) groups excluding carboxylic acids is 2. The van der Waals surface area contributed by atoms with E-state index in [4.69, 9.17) is 16.3 Å². The van der Waals surface area contributed by atoms with Gasteiger partial charge >= 0.3 is 0 Å². The Morgan fingerprint density at radius 1 is 1.14 bits per heavy atom. The van der Waals surface area contributed by atoms with Gasteiger partial charge in [-0.15, -0.1) is 0 Å². The minimum absolute atomic E-state index is 0.0710. The maximum absolute atomic E-state index is 14.9. The summed E-state index contributed by atoms with van der Waals surface area (Å²) in [6.45, 7) is 1.98. The van der Waals surface area contributed by atoms with Crippen LogP contribution in [0.3, 0.4) is 0 Å². The molecule has 0 bridgehead atoms. The highest BCUT2D eigenvalue weighted by molar-refractivity contribution is 6.34. The van der Waals surface area contributed by atoms with Crippen LogP contribution < -0.4 is 5.32 Å². The number of rotatable bonds is 7. The van der Waals surface area contributed by atoms with Gasteiger partial charge in [0.15, 0.2) is 0 Å². The molecular weight excluding hydrogens is 481 g/mol. The molecule has 0 spiro atoms. The summed E-state index contributed by atoms with van der Waals surface area (Å²) >= 11 is 6.38. The fourth-order valence-corrected chi connectivity index (χ4v) is 5.48. The monoisotopic (exact) mass is 511 g/mol. The zero-order valence-corrected chi connectivity index (χ0v) is 21.0. The lowest BCUT2D eigenvalue weighted by Gasteiger charge is -2.24. The Kier molecular flexibility index (Phi) is 7.58. The van der Waals surface area contributed by atoms with Crippen molar-refractivity contribution in [3.63, 3.8) is 0 Å². The van der Waals surface area contributed by atoms with Gasteiger partial charge in [0.25, 0.3) is 5.91 Å². The molecule has 5 rings (SSSR count). The number of likely N-dealkylation sites (tertiary alicyclic amines) is 1. The predicted molar refractivity (Wildman–Crippen MR) is 139 cm³/mol. The normalized spacial score (nSPS) is 18.6. The molecule has 2 aliphatic rings. The van der Waals surface area contributed by atoms with E-state index in [0.717, 1.165) is 30.2 Å². The number of benzene rings is 2. The summed E-state index contributed by atoms with van der Waals surface area (Å²) in [5.74, 6) is -0.762. The van der Waals surface area contributed by atoms with E-state index < -0.39 is 11.7 Å². The van der Waals surface area contributed by atoms with Gasteiger partial charge in [-0.3, -0.25) is 9.59 Å². The van der Waals surface area contributed by atoms with Gasteiger partial charge in [-0.2, -0.15) is 0 Å². The van der Waals surface area contributed by atoms with Crippen molar-refractivity contribution in [2.24, 2.45) is 5.92 Å². The standard InChI is InChI=1S/C28H31ClFN3O3/c29-23-12-19(13-27(34)33-11-10-18(16-33)17-36-20-6-2-1-3-7-20)24(30)14-26(23)32-28(35)22-15-31-25-9-5-4-8-21(22)25/h4-5,8-9,12,14-15,18,20,31H,1-3,6-7,10-11,13,16-17H2,(H,32,35)/t18-/m1/s1. The maximum atomic E-state index is 14.9. The number of carbonyl (C=O) groups is 2. The number of ether oxygens (including phenoxy) is 1. The zero-order chi connectivity index (χ0) is 25.1. The van der Waals surface area contributed by atoms with Gasteiger partial charge in [0.1, 0.15) is 5.82 Å². The first-order valence-electron chi connectivity index (χ1n) is 12.7. The Labute approximate surface area is 215 Å². The molecule has 6 nitrogen and oxygen atoms in total. The van der Waals surface area contributed by atoms with Gasteiger partial charge in [-0.05, 0) is 43.0 Å². The van der Waals surface area contributed by atoms with Gasteiger partial charge in [-0.25, -0.2) is 4.39 Å². The molecule has 1 atom stereocenters. The van der Waals surface area contributed by atoms with E-state index >= 15 is 0 Å². The Balaban J connectivity index is 1.17. The highest BCUT2D eigenvalue weighted by Crippen LogP contribution is 2.29. The quantitative estimate of drug-likeness (QED) is 0.411. The van der Waals surface area contributed by atoms with E-state index in [1.165, 1.54) is 31.4 Å². The van der Waals surface area contributed by atoms with E-state index in [-0.39, 0.29) is 28.6 Å². The first-order chi connectivity index (χ1) is 17.5. The minimum Gasteiger partial charge on any atom is -0.378 e. The molecule has 2 fully saturated rings. The third-order valence-electron chi connectivity index (χ3n) is 7.32. The highest BCUT2D eigenvalue weighted by atomic mass is 35.5. The molecule has 1 aliphatic carbocycles. The molecule has 2 aromatic carbocycles. The third kappa shape index (κ3) is 5.57. The summed E-state index contributed by atoms with van der Waals surface area (Å²) in [6, 6.07) is 10.0. The summed E-state index contributed by atoms with van der Waals surface area (Å²) in [5.41, 5.74) is 1.66. The smallest absolute Gasteiger partial charge is 0.257 e. The van der Waals surface area contributed by atoms with Crippen molar-refractivity contribution in [3.05, 3.63) is 64.6 Å². The average molecular weight is 512 g/mol. The number of aromatic nitrogens is 1. The van der Waals surface area contributed by atoms with E-state index in [0.29, 0.717) is 37.3 Å². The molecule has 2 heterocycles. The molecule has 2 amide bonds. The number of amides is 2. The molecule has 2 N–H and O–H groups in total. The summed E-state index contributed by atoms with van der Waals surface area (Å²) in [4.78, 5) is 30.5. The highest BCUT2D eigenvalue weighted by Gasteiger charge is 2.28. The first kappa shape index (κ1) is 24.8. The first-order valence-corrected chi connectivity index (χ1v) is 13.1.